The zero-order valence-corrected chi connectivity index (χ0v) is 15.5. The number of carbonyl (C=O) groups excluding carboxylic acids is 2. The Bertz CT molecular complexity index is 466. The lowest BCUT2D eigenvalue weighted by Crippen LogP contribution is -2.44. The molecule has 2 aliphatic heterocycles. The number of imide groups is 1. The molecular weight excluding hydrogens is 320 g/mol. The van der Waals surface area contributed by atoms with Crippen LogP contribution in [0.25, 0.3) is 0 Å². The smallest absolute Gasteiger partial charge is 0.324 e. The molecule has 3 N–H and O–H groups in total. The molecule has 0 saturated carbocycles. The molecule has 0 aromatic rings. The number of urea groups is 1. The first-order chi connectivity index (χ1) is 12.2. The van der Waals surface area contributed by atoms with E-state index < -0.39 is 0 Å². The summed E-state index contributed by atoms with van der Waals surface area (Å²) in [6.45, 7) is 8.88. The van der Waals surface area contributed by atoms with Crippen molar-refractivity contribution in [3.05, 3.63) is 0 Å². The summed E-state index contributed by atoms with van der Waals surface area (Å²) in [6.07, 6.45) is 5.12. The standard InChI is InChI=1S/C17H32N6O2/c1-3-14-7-5-6-10-22(14)11-8-19-16(18-4-2)20-9-12-23-15(24)13-21-17(23)25/h14H,3-13H2,1-2H3,(H,21,25)(H2,18,19,20). The van der Waals surface area contributed by atoms with Crippen molar-refractivity contribution in [2.45, 2.75) is 45.6 Å². The largest absolute Gasteiger partial charge is 0.357 e. The van der Waals surface area contributed by atoms with Gasteiger partial charge in [-0.05, 0) is 32.7 Å². The number of hydrogen-bond donors (Lipinski definition) is 3. The molecule has 0 radical (unpaired) electrons. The third-order valence-corrected chi connectivity index (χ3v) is 4.79. The van der Waals surface area contributed by atoms with Crippen LogP contribution in [0.2, 0.25) is 0 Å². The number of rotatable bonds is 8. The van der Waals surface area contributed by atoms with E-state index in [-0.39, 0.29) is 18.5 Å². The van der Waals surface area contributed by atoms with Crippen molar-refractivity contribution in [3.8, 4) is 0 Å². The number of hydrogen-bond acceptors (Lipinski definition) is 4. The van der Waals surface area contributed by atoms with Crippen molar-refractivity contribution in [1.82, 2.24) is 25.8 Å². The molecule has 1 atom stereocenters. The summed E-state index contributed by atoms with van der Waals surface area (Å²) in [6, 6.07) is 0.378. The van der Waals surface area contributed by atoms with Crippen molar-refractivity contribution < 1.29 is 9.59 Å². The Balaban J connectivity index is 1.75. The van der Waals surface area contributed by atoms with Gasteiger partial charge in [-0.1, -0.05) is 13.3 Å². The van der Waals surface area contributed by atoms with Gasteiger partial charge in [-0.15, -0.1) is 0 Å². The van der Waals surface area contributed by atoms with E-state index >= 15 is 0 Å². The molecule has 2 heterocycles. The fourth-order valence-electron chi connectivity index (χ4n) is 3.42. The van der Waals surface area contributed by atoms with Gasteiger partial charge < -0.3 is 16.0 Å². The third-order valence-electron chi connectivity index (χ3n) is 4.79. The van der Waals surface area contributed by atoms with Gasteiger partial charge in [-0.25, -0.2) is 4.79 Å². The third kappa shape index (κ3) is 5.88. The summed E-state index contributed by atoms with van der Waals surface area (Å²) >= 11 is 0. The maximum atomic E-state index is 11.6. The summed E-state index contributed by atoms with van der Waals surface area (Å²) < 4.78 is 0. The molecule has 1 unspecified atom stereocenters. The monoisotopic (exact) mass is 352 g/mol. The van der Waals surface area contributed by atoms with Crippen molar-refractivity contribution in [2.75, 3.05) is 45.8 Å². The molecule has 2 fully saturated rings. The average molecular weight is 352 g/mol. The van der Waals surface area contributed by atoms with E-state index in [2.05, 4.69) is 32.8 Å². The van der Waals surface area contributed by atoms with Gasteiger partial charge in [0.15, 0.2) is 5.96 Å². The highest BCUT2D eigenvalue weighted by Gasteiger charge is 2.27. The highest BCUT2D eigenvalue weighted by Crippen LogP contribution is 2.18. The van der Waals surface area contributed by atoms with Gasteiger partial charge in [-0.2, -0.15) is 0 Å². The number of piperidine rings is 1. The Morgan fingerprint density at radius 1 is 1.24 bits per heavy atom. The second kappa shape index (κ2) is 10.2. The fraction of sp³-hybridized carbons (Fsp3) is 0.824. The number of nitrogens with zero attached hydrogens (tertiary/aromatic N) is 3. The molecule has 2 saturated heterocycles. The van der Waals surface area contributed by atoms with Crippen LogP contribution in [0, 0.1) is 0 Å². The molecule has 0 spiro atoms. The summed E-state index contributed by atoms with van der Waals surface area (Å²) in [5.41, 5.74) is 0. The zero-order valence-electron chi connectivity index (χ0n) is 15.5. The molecule has 0 aliphatic carbocycles. The number of guanidine groups is 1. The lowest BCUT2D eigenvalue weighted by atomic mass is 10.0. The predicted octanol–water partition coefficient (Wildman–Crippen LogP) is 0.358. The minimum atomic E-state index is -0.315. The molecule has 25 heavy (non-hydrogen) atoms. The van der Waals surface area contributed by atoms with Crippen molar-refractivity contribution in [1.29, 1.82) is 0 Å². The molecule has 0 aromatic heterocycles. The first-order valence-corrected chi connectivity index (χ1v) is 9.50. The Hall–Kier alpha value is -1.83. The van der Waals surface area contributed by atoms with E-state index in [0.29, 0.717) is 19.1 Å². The maximum Gasteiger partial charge on any atom is 0.324 e. The summed E-state index contributed by atoms with van der Waals surface area (Å²) in [5.74, 6) is 0.559. The Morgan fingerprint density at radius 3 is 2.76 bits per heavy atom. The highest BCUT2D eigenvalue weighted by molar-refractivity contribution is 6.01. The van der Waals surface area contributed by atoms with Gasteiger partial charge in [0.05, 0.1) is 13.1 Å². The molecule has 2 rings (SSSR count). The molecule has 8 heteroatoms. The quantitative estimate of drug-likeness (QED) is 0.333. The van der Waals surface area contributed by atoms with Crippen LogP contribution in [0.3, 0.4) is 0 Å². The van der Waals surface area contributed by atoms with Gasteiger partial charge in [0, 0.05) is 32.2 Å². The molecule has 142 valence electrons. The molecule has 2 aliphatic rings. The molecule has 8 nitrogen and oxygen atoms in total. The SMILES string of the molecule is CCNC(=NCCN1CCCCC1CC)NCCN1C(=O)CNC1=O. The van der Waals surface area contributed by atoms with Crippen molar-refractivity contribution in [2.24, 2.45) is 4.99 Å². The van der Waals surface area contributed by atoms with Crippen LogP contribution in [-0.4, -0.2) is 79.6 Å². The minimum Gasteiger partial charge on any atom is -0.357 e. The number of carbonyl (C=O) groups is 2. The normalized spacial score (nSPS) is 22.2. The second-order valence-electron chi connectivity index (χ2n) is 6.49. The number of likely N-dealkylation sites (tertiary alicyclic amines) is 1. The van der Waals surface area contributed by atoms with Crippen LogP contribution in [0.15, 0.2) is 4.99 Å². The van der Waals surface area contributed by atoms with Crippen LogP contribution in [-0.2, 0) is 4.79 Å². The number of amides is 3. The lowest BCUT2D eigenvalue weighted by molar-refractivity contribution is -0.124. The van der Waals surface area contributed by atoms with E-state index in [4.69, 9.17) is 0 Å². The highest BCUT2D eigenvalue weighted by atomic mass is 16.2. The van der Waals surface area contributed by atoms with E-state index in [0.717, 1.165) is 25.6 Å². The average Bonchev–Trinajstić information content (AvgIpc) is 2.94. The van der Waals surface area contributed by atoms with Crippen molar-refractivity contribution >= 4 is 17.9 Å². The topological polar surface area (TPSA) is 89.1 Å². The lowest BCUT2D eigenvalue weighted by Gasteiger charge is -2.34. The first kappa shape index (κ1) is 19.5. The Labute approximate surface area is 150 Å². The summed E-state index contributed by atoms with van der Waals surface area (Å²) in [5, 5.41) is 8.93. The summed E-state index contributed by atoms with van der Waals surface area (Å²) in [7, 11) is 0. The van der Waals surface area contributed by atoms with Gasteiger partial charge in [0.25, 0.3) is 0 Å². The molecule has 0 bridgehead atoms. The van der Waals surface area contributed by atoms with Crippen molar-refractivity contribution in [3.63, 3.8) is 0 Å². The van der Waals surface area contributed by atoms with E-state index in [1.807, 2.05) is 6.92 Å². The van der Waals surface area contributed by atoms with Crippen LogP contribution < -0.4 is 16.0 Å². The Morgan fingerprint density at radius 2 is 2.08 bits per heavy atom. The molecular formula is C17H32N6O2. The van der Waals surface area contributed by atoms with Crippen LogP contribution in [0.4, 0.5) is 4.79 Å². The number of aliphatic imine (C=N–C) groups is 1. The number of nitrogens with one attached hydrogen (secondary N) is 3. The fourth-order valence-corrected chi connectivity index (χ4v) is 3.42. The zero-order chi connectivity index (χ0) is 18.1. The van der Waals surface area contributed by atoms with Crippen LogP contribution in [0.1, 0.15) is 39.5 Å². The first-order valence-electron chi connectivity index (χ1n) is 9.50. The van der Waals surface area contributed by atoms with Crippen LogP contribution in [0.5, 0.6) is 0 Å². The predicted molar refractivity (Wildman–Crippen MR) is 98.6 cm³/mol. The van der Waals surface area contributed by atoms with Gasteiger partial charge in [0.2, 0.25) is 5.91 Å². The Kier molecular flexibility index (Phi) is 7.97. The minimum absolute atomic E-state index is 0.0986. The van der Waals surface area contributed by atoms with E-state index in [1.54, 1.807) is 0 Å². The van der Waals surface area contributed by atoms with E-state index in [1.165, 1.54) is 37.1 Å². The van der Waals surface area contributed by atoms with Gasteiger partial charge in [0.1, 0.15) is 0 Å². The summed E-state index contributed by atoms with van der Waals surface area (Å²) in [4.78, 5) is 31.5. The molecule has 3 amide bonds. The maximum absolute atomic E-state index is 11.6. The van der Waals surface area contributed by atoms with Gasteiger partial charge in [-0.3, -0.25) is 19.6 Å². The van der Waals surface area contributed by atoms with Gasteiger partial charge >= 0.3 is 6.03 Å². The van der Waals surface area contributed by atoms with Crippen LogP contribution >= 0.6 is 0 Å². The second-order valence-corrected chi connectivity index (χ2v) is 6.49. The molecule has 0 aromatic carbocycles. The van der Waals surface area contributed by atoms with E-state index in [9.17, 15) is 9.59 Å².